The number of carbonyl (C=O) groups is 1. The van der Waals surface area contributed by atoms with Crippen molar-refractivity contribution < 1.29 is 18.3 Å². The molecule has 1 aliphatic carbocycles. The SMILES string of the molecule is O=C1CCCN1C1(c2cnc(N3CCC(Oc4ccc(F)cc4F)CC3)c(Cl)n2)CC1. The van der Waals surface area contributed by atoms with Gasteiger partial charge in [0.05, 0.1) is 17.4 Å². The summed E-state index contributed by atoms with van der Waals surface area (Å²) in [6, 6.07) is 3.33. The van der Waals surface area contributed by atoms with Gasteiger partial charge in [0.15, 0.2) is 22.5 Å². The molecule has 1 aromatic heterocycles. The average Bonchev–Trinajstić information content (AvgIpc) is 3.45. The van der Waals surface area contributed by atoms with E-state index in [1.165, 1.54) is 12.1 Å². The lowest BCUT2D eigenvalue weighted by molar-refractivity contribution is -0.130. The van der Waals surface area contributed by atoms with E-state index < -0.39 is 11.6 Å². The quantitative estimate of drug-likeness (QED) is 0.690. The molecule has 0 spiro atoms. The molecule has 164 valence electrons. The molecule has 9 heteroatoms. The lowest BCUT2D eigenvalue weighted by Gasteiger charge is -2.33. The molecule has 1 amide bonds. The van der Waals surface area contributed by atoms with Crippen molar-refractivity contribution in [1.82, 2.24) is 14.9 Å². The number of benzene rings is 1. The number of rotatable bonds is 5. The Morgan fingerprint density at radius 1 is 1.16 bits per heavy atom. The molecule has 31 heavy (non-hydrogen) atoms. The van der Waals surface area contributed by atoms with Crippen molar-refractivity contribution in [3.05, 3.63) is 46.9 Å². The number of aromatic nitrogens is 2. The van der Waals surface area contributed by atoms with Gasteiger partial charge in [-0.15, -0.1) is 0 Å². The van der Waals surface area contributed by atoms with E-state index in [1.54, 1.807) is 6.20 Å². The topological polar surface area (TPSA) is 58.6 Å². The summed E-state index contributed by atoms with van der Waals surface area (Å²) in [5.74, 6) is -0.469. The van der Waals surface area contributed by atoms with E-state index in [1.807, 2.05) is 9.80 Å². The summed E-state index contributed by atoms with van der Waals surface area (Å²) in [6.45, 7) is 2.04. The smallest absolute Gasteiger partial charge is 0.223 e. The Kier molecular flexibility index (Phi) is 5.20. The van der Waals surface area contributed by atoms with E-state index in [9.17, 15) is 13.6 Å². The molecule has 0 bridgehead atoms. The van der Waals surface area contributed by atoms with Crippen LogP contribution in [0.4, 0.5) is 14.6 Å². The molecule has 0 N–H and O–H groups in total. The van der Waals surface area contributed by atoms with E-state index >= 15 is 0 Å². The average molecular weight is 449 g/mol. The van der Waals surface area contributed by atoms with Crippen LogP contribution in [0.15, 0.2) is 24.4 Å². The molecule has 0 atom stereocenters. The summed E-state index contributed by atoms with van der Waals surface area (Å²) in [7, 11) is 0. The zero-order chi connectivity index (χ0) is 21.6. The van der Waals surface area contributed by atoms with Crippen LogP contribution in [0.3, 0.4) is 0 Å². The largest absolute Gasteiger partial charge is 0.487 e. The van der Waals surface area contributed by atoms with Crippen molar-refractivity contribution in [2.24, 2.45) is 0 Å². The Balaban J connectivity index is 1.24. The molecule has 3 fully saturated rings. The van der Waals surface area contributed by atoms with Crippen molar-refractivity contribution in [1.29, 1.82) is 0 Å². The number of amides is 1. The lowest BCUT2D eigenvalue weighted by Crippen LogP contribution is -2.39. The molecule has 2 aromatic rings. The second-order valence-electron chi connectivity index (χ2n) is 8.43. The number of hydrogen-bond acceptors (Lipinski definition) is 5. The van der Waals surface area contributed by atoms with Crippen LogP contribution in [0.1, 0.15) is 44.2 Å². The van der Waals surface area contributed by atoms with Crippen molar-refractivity contribution >= 4 is 23.3 Å². The van der Waals surface area contributed by atoms with E-state index in [-0.39, 0.29) is 23.3 Å². The fourth-order valence-corrected chi connectivity index (χ4v) is 4.88. The van der Waals surface area contributed by atoms with Crippen LogP contribution in [0.2, 0.25) is 5.15 Å². The van der Waals surface area contributed by atoms with Gasteiger partial charge in [-0.1, -0.05) is 11.6 Å². The number of halogens is 3. The summed E-state index contributed by atoms with van der Waals surface area (Å²) in [4.78, 5) is 25.4. The molecular formula is C22H23ClF2N4O2. The molecule has 5 rings (SSSR count). The first-order valence-corrected chi connectivity index (χ1v) is 11.0. The maximum Gasteiger partial charge on any atom is 0.223 e. The summed E-state index contributed by atoms with van der Waals surface area (Å²) >= 11 is 6.51. The molecule has 6 nitrogen and oxygen atoms in total. The number of ether oxygens (including phenoxy) is 1. The maximum absolute atomic E-state index is 13.8. The number of nitrogens with zero attached hydrogens (tertiary/aromatic N) is 4. The maximum atomic E-state index is 13.8. The third-order valence-corrected chi connectivity index (χ3v) is 6.69. The van der Waals surface area contributed by atoms with Gasteiger partial charge in [-0.25, -0.2) is 18.7 Å². The minimum Gasteiger partial charge on any atom is -0.487 e. The predicted molar refractivity (Wildman–Crippen MR) is 111 cm³/mol. The first kappa shape index (κ1) is 20.4. The molecule has 2 saturated heterocycles. The minimum atomic E-state index is -0.697. The molecule has 3 heterocycles. The summed E-state index contributed by atoms with van der Waals surface area (Å²) in [6.07, 6.45) is 6.16. The van der Waals surface area contributed by atoms with Crippen molar-refractivity contribution in [3.63, 3.8) is 0 Å². The van der Waals surface area contributed by atoms with Gasteiger partial charge in [0.25, 0.3) is 0 Å². The monoisotopic (exact) mass is 448 g/mol. The van der Waals surface area contributed by atoms with Crippen LogP contribution < -0.4 is 9.64 Å². The predicted octanol–water partition coefficient (Wildman–Crippen LogP) is 4.07. The number of carbonyl (C=O) groups excluding carboxylic acids is 1. The van der Waals surface area contributed by atoms with Crippen LogP contribution in [0, 0.1) is 11.6 Å². The molecule has 0 radical (unpaired) electrons. The molecule has 1 aromatic carbocycles. The normalized spacial score (nSPS) is 20.9. The van der Waals surface area contributed by atoms with Gasteiger partial charge in [0.2, 0.25) is 5.91 Å². The Hall–Kier alpha value is -2.48. The van der Waals surface area contributed by atoms with Crippen molar-refractivity contribution in [3.8, 4) is 5.75 Å². The van der Waals surface area contributed by atoms with E-state index in [0.29, 0.717) is 43.3 Å². The summed E-state index contributed by atoms with van der Waals surface area (Å²) in [5, 5.41) is 0.333. The number of piperidine rings is 1. The highest BCUT2D eigenvalue weighted by molar-refractivity contribution is 6.31. The molecule has 3 aliphatic rings. The Labute approximate surface area is 184 Å². The van der Waals surface area contributed by atoms with Crippen LogP contribution in [-0.4, -0.2) is 46.5 Å². The molecule has 1 saturated carbocycles. The standard InChI is InChI=1S/C22H23ClF2N4O2/c23-20-21(26-13-18(27-20)22(7-8-22)29-9-1-2-19(29)30)28-10-5-15(6-11-28)31-17-4-3-14(24)12-16(17)25/h3-4,12-13,15H,1-2,5-11H2. The van der Waals surface area contributed by atoms with Gasteiger partial charge in [-0.05, 0) is 31.4 Å². The van der Waals surface area contributed by atoms with Crippen LogP contribution in [-0.2, 0) is 10.3 Å². The lowest BCUT2D eigenvalue weighted by atomic mass is 10.1. The number of hydrogen-bond donors (Lipinski definition) is 0. The zero-order valence-electron chi connectivity index (χ0n) is 17.0. The van der Waals surface area contributed by atoms with E-state index in [0.717, 1.165) is 37.6 Å². The molecule has 0 unspecified atom stereocenters. The van der Waals surface area contributed by atoms with Gasteiger partial charge in [0, 0.05) is 45.0 Å². The first-order chi connectivity index (χ1) is 15.0. The van der Waals surface area contributed by atoms with Gasteiger partial charge in [0.1, 0.15) is 11.9 Å². The van der Waals surface area contributed by atoms with Crippen LogP contribution >= 0.6 is 11.6 Å². The van der Waals surface area contributed by atoms with Gasteiger partial charge < -0.3 is 14.5 Å². The highest BCUT2D eigenvalue weighted by Gasteiger charge is 2.54. The van der Waals surface area contributed by atoms with E-state index in [2.05, 4.69) is 9.97 Å². The zero-order valence-corrected chi connectivity index (χ0v) is 17.7. The molecule has 2 aliphatic heterocycles. The second kappa shape index (κ2) is 7.89. The second-order valence-corrected chi connectivity index (χ2v) is 8.79. The van der Waals surface area contributed by atoms with Crippen molar-refractivity contribution in [2.45, 2.75) is 50.2 Å². The van der Waals surface area contributed by atoms with Gasteiger partial charge >= 0.3 is 0 Å². The van der Waals surface area contributed by atoms with Crippen LogP contribution in [0.5, 0.6) is 5.75 Å². The minimum absolute atomic E-state index is 0.0632. The fourth-order valence-electron chi connectivity index (χ4n) is 4.62. The Morgan fingerprint density at radius 2 is 1.94 bits per heavy atom. The summed E-state index contributed by atoms with van der Waals surface area (Å²) < 4.78 is 32.6. The third kappa shape index (κ3) is 3.82. The fraction of sp³-hybridized carbons (Fsp3) is 0.500. The Morgan fingerprint density at radius 3 is 2.55 bits per heavy atom. The molecular weight excluding hydrogens is 426 g/mol. The highest BCUT2D eigenvalue weighted by Crippen LogP contribution is 2.52. The first-order valence-electron chi connectivity index (χ1n) is 10.7. The van der Waals surface area contributed by atoms with Gasteiger partial charge in [-0.3, -0.25) is 4.79 Å². The van der Waals surface area contributed by atoms with E-state index in [4.69, 9.17) is 16.3 Å². The summed E-state index contributed by atoms with van der Waals surface area (Å²) in [5.41, 5.74) is 0.435. The van der Waals surface area contributed by atoms with Crippen molar-refractivity contribution in [2.75, 3.05) is 24.5 Å². The number of anilines is 1. The van der Waals surface area contributed by atoms with Gasteiger partial charge in [-0.2, -0.15) is 0 Å². The number of likely N-dealkylation sites (tertiary alicyclic amines) is 1. The highest BCUT2D eigenvalue weighted by atomic mass is 35.5. The van der Waals surface area contributed by atoms with Crippen LogP contribution in [0.25, 0.3) is 0 Å². The Bertz CT molecular complexity index is 1010. The third-order valence-electron chi connectivity index (χ3n) is 6.43.